The van der Waals surface area contributed by atoms with Crippen LogP contribution in [0.25, 0.3) is 44.4 Å². The van der Waals surface area contributed by atoms with Crippen molar-refractivity contribution in [2.24, 2.45) is 0 Å². The quantitative estimate of drug-likeness (QED) is 0.430. The first-order valence-corrected chi connectivity index (χ1v) is 11.5. The van der Waals surface area contributed by atoms with Crippen LogP contribution in [0.2, 0.25) is 0 Å². The van der Waals surface area contributed by atoms with Crippen molar-refractivity contribution in [3.05, 3.63) is 69.3 Å². The number of aromatic nitrogens is 4. The minimum atomic E-state index is -1.15. The van der Waals surface area contributed by atoms with Crippen LogP contribution < -0.4 is 9.97 Å². The molecule has 0 atom stereocenters. The predicted octanol–water partition coefficient (Wildman–Crippen LogP) is 5.16. The molecule has 0 aliphatic carbocycles. The summed E-state index contributed by atoms with van der Waals surface area (Å²) in [6.45, 7) is 11.3. The van der Waals surface area contributed by atoms with Crippen LogP contribution in [0, 0.1) is 20.8 Å². The van der Waals surface area contributed by atoms with E-state index in [0.29, 0.717) is 33.6 Å². The Kier molecular flexibility index (Phi) is 6.48. The molecule has 3 aromatic rings. The second-order valence-corrected chi connectivity index (χ2v) is 9.22. The molecule has 8 nitrogen and oxygen atoms in total. The molecule has 188 valence electrons. The standard InChI is InChI=1S/C28H26N4O4.Fe/c1-11-13(3)19-8-21-15(5)25(27(33)34)23(31-21)10-24-26(28(35)36)16(6)22(32-24)9-20-14(4)12(2)18(30-20)7-17(11)29-19;/h7-10H,1-6H3,(H4,29,30,31,32,33,34,35,36);/q;+2/p-2. The summed E-state index contributed by atoms with van der Waals surface area (Å²) >= 11 is 0. The zero-order chi connectivity index (χ0) is 26.0. The van der Waals surface area contributed by atoms with E-state index in [1.807, 2.05) is 33.8 Å². The molecule has 0 amide bonds. The Bertz CT molecular complexity index is 1760. The predicted molar refractivity (Wildman–Crippen MR) is 138 cm³/mol. The molecule has 5 heterocycles. The number of rotatable bonds is 2. The van der Waals surface area contributed by atoms with Gasteiger partial charge in [-0.15, -0.1) is 22.1 Å². The molecule has 37 heavy (non-hydrogen) atoms. The van der Waals surface area contributed by atoms with Crippen molar-refractivity contribution in [3.63, 3.8) is 0 Å². The van der Waals surface area contributed by atoms with Crippen LogP contribution in [0.4, 0.5) is 0 Å². The maximum absolute atomic E-state index is 12.2. The van der Waals surface area contributed by atoms with Crippen molar-refractivity contribution in [1.82, 2.24) is 19.9 Å². The van der Waals surface area contributed by atoms with Crippen molar-refractivity contribution < 1.29 is 36.9 Å². The van der Waals surface area contributed by atoms with Gasteiger partial charge in [-0.1, -0.05) is 34.9 Å². The number of aliphatic carboxylic acids is 1. The molecule has 2 aliphatic heterocycles. The second kappa shape index (κ2) is 9.17. The van der Waals surface area contributed by atoms with E-state index in [2.05, 4.69) is 9.97 Å². The third-order valence-electron chi connectivity index (χ3n) is 7.18. The summed E-state index contributed by atoms with van der Waals surface area (Å²) in [5.41, 5.74) is 9.10. The topological polar surface area (TPSA) is 129 Å². The number of aromatic carboxylic acids is 1. The van der Waals surface area contributed by atoms with Crippen molar-refractivity contribution in [1.29, 1.82) is 0 Å². The molecule has 9 heteroatoms. The first-order chi connectivity index (χ1) is 17.0. The molecule has 0 fully saturated rings. The van der Waals surface area contributed by atoms with Crippen LogP contribution >= 0.6 is 0 Å². The Morgan fingerprint density at radius 1 is 0.595 bits per heavy atom. The van der Waals surface area contributed by atoms with Crippen molar-refractivity contribution in [3.8, 4) is 0 Å². The number of carboxylic acid groups (broad SMARTS) is 2. The van der Waals surface area contributed by atoms with Gasteiger partial charge >= 0.3 is 29.0 Å². The van der Waals surface area contributed by atoms with Gasteiger partial charge in [0.15, 0.2) is 0 Å². The van der Waals surface area contributed by atoms with E-state index in [-0.39, 0.29) is 39.4 Å². The number of allylic oxidation sites excluding steroid dienone is 3. The zero-order valence-electron chi connectivity index (χ0n) is 21.2. The summed E-state index contributed by atoms with van der Waals surface area (Å²) in [6.07, 6.45) is 0. The fourth-order valence-electron chi connectivity index (χ4n) is 4.65. The van der Waals surface area contributed by atoms with Gasteiger partial charge in [-0.2, -0.15) is 0 Å². The van der Waals surface area contributed by atoms with Crippen molar-refractivity contribution in [2.75, 3.05) is 0 Å². The Morgan fingerprint density at radius 2 is 1.00 bits per heavy atom. The number of hydrogen-bond donors (Lipinski definition) is 2. The Morgan fingerprint density at radius 3 is 1.49 bits per heavy atom. The number of carbonyl (C=O) groups is 2. The maximum Gasteiger partial charge on any atom is 2.00 e. The van der Waals surface area contributed by atoms with E-state index in [1.165, 1.54) is 6.07 Å². The number of fused-ring (bicyclic) bond motifs is 8. The van der Waals surface area contributed by atoms with Gasteiger partial charge in [0, 0.05) is 5.56 Å². The summed E-state index contributed by atoms with van der Waals surface area (Å²) in [6, 6.07) is 6.92. The van der Waals surface area contributed by atoms with Gasteiger partial charge in [-0.25, -0.2) is 19.6 Å². The normalized spacial score (nSPS) is 13.1. The molecule has 8 bridgehead atoms. The van der Waals surface area contributed by atoms with Gasteiger partial charge in [0.05, 0.1) is 28.3 Å². The molecule has 0 saturated heterocycles. The Balaban J connectivity index is 0.00000320. The molecule has 0 radical (unpaired) electrons. The van der Waals surface area contributed by atoms with Gasteiger partial charge in [-0.3, -0.25) is 0 Å². The third kappa shape index (κ3) is 4.10. The summed E-state index contributed by atoms with van der Waals surface area (Å²) in [4.78, 5) is 43.1. The minimum absolute atomic E-state index is 0. The van der Waals surface area contributed by atoms with Gasteiger partial charge in [0.2, 0.25) is 0 Å². The minimum Gasteiger partial charge on any atom is -0.657 e. The fraction of sp³-hybridized carbons (Fsp3) is 0.214. The molecule has 5 rings (SSSR count). The second-order valence-electron chi connectivity index (χ2n) is 9.22. The molecule has 0 aromatic carbocycles. The summed E-state index contributed by atoms with van der Waals surface area (Å²) in [5.74, 6) is -2.29. The fourth-order valence-corrected chi connectivity index (χ4v) is 4.65. The van der Waals surface area contributed by atoms with E-state index in [1.54, 1.807) is 26.0 Å². The average Bonchev–Trinajstić information content (AvgIpc) is 3.45. The molecule has 3 aromatic heterocycles. The Labute approximate surface area is 223 Å². The number of nitrogens with zero attached hydrogens (tertiary/aromatic N) is 4. The van der Waals surface area contributed by atoms with E-state index in [4.69, 9.17) is 9.97 Å². The van der Waals surface area contributed by atoms with Crippen LogP contribution in [0.15, 0.2) is 24.3 Å². The molecule has 0 unspecified atom stereocenters. The zero-order valence-corrected chi connectivity index (χ0v) is 22.3. The van der Waals surface area contributed by atoms with Crippen molar-refractivity contribution >= 4 is 56.3 Å². The smallest absolute Gasteiger partial charge is 0.657 e. The monoisotopic (exact) mass is 536 g/mol. The number of carboxylic acids is 2. The van der Waals surface area contributed by atoms with E-state index >= 15 is 0 Å². The van der Waals surface area contributed by atoms with Crippen LogP contribution in [0.3, 0.4) is 0 Å². The van der Waals surface area contributed by atoms with Crippen LogP contribution in [-0.4, -0.2) is 32.1 Å². The molecule has 0 spiro atoms. The van der Waals surface area contributed by atoms with Crippen LogP contribution in [0.5, 0.6) is 0 Å². The molecular formula is C28H24FeN4O4. The third-order valence-corrected chi connectivity index (χ3v) is 7.18. The first-order valence-electron chi connectivity index (χ1n) is 11.5. The number of aryl methyl sites for hydroxylation is 3. The van der Waals surface area contributed by atoms with Gasteiger partial charge < -0.3 is 20.2 Å². The first kappa shape index (κ1) is 26.1. The molecule has 2 N–H and O–H groups in total. The van der Waals surface area contributed by atoms with Gasteiger partial charge in [-0.05, 0) is 64.3 Å². The summed E-state index contributed by atoms with van der Waals surface area (Å²) in [7, 11) is 0. The van der Waals surface area contributed by atoms with Gasteiger partial charge in [0.25, 0.3) is 0 Å². The largest absolute Gasteiger partial charge is 2.00 e. The Hall–Kier alpha value is -3.94. The molecule has 0 saturated carbocycles. The maximum atomic E-state index is 12.2. The summed E-state index contributed by atoms with van der Waals surface area (Å²) in [5, 5.41) is 19.9. The van der Waals surface area contributed by atoms with E-state index in [0.717, 1.165) is 33.5 Å². The van der Waals surface area contributed by atoms with Crippen molar-refractivity contribution in [2.45, 2.75) is 41.5 Å². The van der Waals surface area contributed by atoms with E-state index in [9.17, 15) is 19.8 Å². The number of hydrogen-bond acceptors (Lipinski definition) is 4. The van der Waals surface area contributed by atoms with Gasteiger partial charge in [0.1, 0.15) is 0 Å². The summed E-state index contributed by atoms with van der Waals surface area (Å²) < 4.78 is 0. The van der Waals surface area contributed by atoms with Crippen LogP contribution in [0.1, 0.15) is 70.6 Å². The molecule has 2 aliphatic rings. The van der Waals surface area contributed by atoms with E-state index < -0.39 is 11.9 Å². The average molecular weight is 536 g/mol. The van der Waals surface area contributed by atoms with Crippen LogP contribution in [-0.2, 0) is 21.9 Å². The molecular weight excluding hydrogens is 512 g/mol. The SMILES string of the molecule is CC1=C(C)c2cc3[n-]c(cc4nc(cc5[n-]c(cc1n2)c(C)c5C)C(C)=C4C(=O)O)c(C(=O)O)c3C.[Fe+2].